The van der Waals surface area contributed by atoms with Gasteiger partial charge in [0, 0.05) is 5.75 Å². The molecular weight excluding hydrogens is 456 g/mol. The molecule has 0 aliphatic rings. The summed E-state index contributed by atoms with van der Waals surface area (Å²) >= 11 is 4.51. The van der Waals surface area contributed by atoms with Gasteiger partial charge in [-0.2, -0.15) is 5.10 Å². The fraction of sp³-hybridized carbons (Fsp3) is 0.0833. The maximum Gasteiger partial charge on any atom is 0.250 e. The van der Waals surface area contributed by atoms with Gasteiger partial charge in [0.2, 0.25) is 0 Å². The van der Waals surface area contributed by atoms with Gasteiger partial charge in [-0.3, -0.25) is 4.79 Å². The van der Waals surface area contributed by atoms with E-state index in [2.05, 4.69) is 45.0 Å². The van der Waals surface area contributed by atoms with E-state index in [1.54, 1.807) is 18.0 Å². The van der Waals surface area contributed by atoms with Crippen molar-refractivity contribution in [2.45, 2.75) is 14.4 Å². The predicted octanol–water partition coefficient (Wildman–Crippen LogP) is 5.74. The van der Waals surface area contributed by atoms with Crippen LogP contribution >= 0.6 is 34.9 Å². The summed E-state index contributed by atoms with van der Waals surface area (Å²) < 4.78 is 1.67. The second-order valence-electron chi connectivity index (χ2n) is 6.68. The van der Waals surface area contributed by atoms with Crippen molar-refractivity contribution in [2.24, 2.45) is 5.10 Å². The summed E-state index contributed by atoms with van der Waals surface area (Å²) in [6.07, 6.45) is 1.64. The van der Waals surface area contributed by atoms with Gasteiger partial charge < -0.3 is 0 Å². The molecule has 4 aromatic rings. The lowest BCUT2D eigenvalue weighted by Gasteiger charge is -2.02. The smallest absolute Gasteiger partial charge is 0.250 e. The molecule has 0 atom stereocenters. The number of thioether (sulfide) groups is 2. The van der Waals surface area contributed by atoms with Crippen LogP contribution in [-0.2, 0) is 10.5 Å². The van der Waals surface area contributed by atoms with Gasteiger partial charge in [0.25, 0.3) is 5.91 Å². The fourth-order valence-electron chi connectivity index (χ4n) is 2.76. The Bertz CT molecular complexity index is 1160. The summed E-state index contributed by atoms with van der Waals surface area (Å²) in [7, 11) is 0. The number of rotatable bonds is 9. The largest absolute Gasteiger partial charge is 0.272 e. The van der Waals surface area contributed by atoms with Crippen molar-refractivity contribution in [3.05, 3.63) is 96.1 Å². The number of nitrogens with zero attached hydrogens (tertiary/aromatic N) is 3. The number of hydrogen-bond acceptors (Lipinski definition) is 7. The van der Waals surface area contributed by atoms with Crippen molar-refractivity contribution in [3.63, 3.8) is 0 Å². The molecule has 0 bridgehead atoms. The quantitative estimate of drug-likeness (QED) is 0.190. The Kier molecular flexibility index (Phi) is 8.08. The van der Waals surface area contributed by atoms with Crippen LogP contribution in [0.5, 0.6) is 0 Å². The number of aromatic nitrogens is 2. The number of hydrazone groups is 1. The zero-order valence-corrected chi connectivity index (χ0v) is 19.5. The van der Waals surface area contributed by atoms with Crippen molar-refractivity contribution in [2.75, 3.05) is 5.75 Å². The molecule has 1 N–H and O–H groups in total. The summed E-state index contributed by atoms with van der Waals surface area (Å²) in [5.41, 5.74) is 7.03. The van der Waals surface area contributed by atoms with Gasteiger partial charge in [0.05, 0.1) is 12.0 Å². The maximum absolute atomic E-state index is 12.1. The van der Waals surface area contributed by atoms with Crippen LogP contribution in [0.4, 0.5) is 0 Å². The second kappa shape index (κ2) is 11.6. The maximum atomic E-state index is 12.1. The van der Waals surface area contributed by atoms with E-state index in [1.165, 1.54) is 34.2 Å². The molecule has 0 unspecified atom stereocenters. The van der Waals surface area contributed by atoms with Gasteiger partial charge in [-0.25, -0.2) is 5.43 Å². The zero-order valence-electron chi connectivity index (χ0n) is 17.0. The van der Waals surface area contributed by atoms with Crippen LogP contribution in [0, 0.1) is 0 Å². The highest BCUT2D eigenvalue weighted by Gasteiger charge is 2.08. The van der Waals surface area contributed by atoms with E-state index in [9.17, 15) is 4.79 Å². The SMILES string of the molecule is O=C(CSc1nnc(SCc2ccccc2)s1)N/N=C\c1ccc(-c2ccccc2)cc1. The Hall–Kier alpha value is -2.94. The van der Waals surface area contributed by atoms with Gasteiger partial charge in [0.15, 0.2) is 8.68 Å². The number of amides is 1. The van der Waals surface area contributed by atoms with E-state index >= 15 is 0 Å². The van der Waals surface area contributed by atoms with Crippen LogP contribution < -0.4 is 5.43 Å². The van der Waals surface area contributed by atoms with Crippen molar-refractivity contribution in [3.8, 4) is 11.1 Å². The lowest BCUT2D eigenvalue weighted by atomic mass is 10.0. The predicted molar refractivity (Wildman–Crippen MR) is 134 cm³/mol. The number of carbonyl (C=O) groups is 1. The van der Waals surface area contributed by atoms with Gasteiger partial charge in [0.1, 0.15) is 0 Å². The van der Waals surface area contributed by atoms with E-state index in [-0.39, 0.29) is 11.7 Å². The second-order valence-corrected chi connectivity index (χ2v) is 10.1. The molecular formula is C24H20N4OS3. The third-order valence-corrected chi connectivity index (χ3v) is 7.60. The average Bonchev–Trinajstić information content (AvgIpc) is 3.31. The van der Waals surface area contributed by atoms with Gasteiger partial charge >= 0.3 is 0 Å². The molecule has 3 aromatic carbocycles. The molecule has 8 heteroatoms. The number of carbonyl (C=O) groups excluding carboxylic acids is 1. The first-order valence-corrected chi connectivity index (χ1v) is 12.7. The van der Waals surface area contributed by atoms with Crippen LogP contribution in [0.15, 0.2) is 98.7 Å². The van der Waals surface area contributed by atoms with Gasteiger partial charge in [-0.15, -0.1) is 10.2 Å². The first kappa shape index (κ1) is 22.3. The minimum Gasteiger partial charge on any atom is -0.272 e. The Morgan fingerprint density at radius 1 is 0.844 bits per heavy atom. The highest BCUT2D eigenvalue weighted by atomic mass is 32.2. The molecule has 32 heavy (non-hydrogen) atoms. The molecule has 5 nitrogen and oxygen atoms in total. The molecule has 160 valence electrons. The van der Waals surface area contributed by atoms with Crippen LogP contribution in [0.3, 0.4) is 0 Å². The van der Waals surface area contributed by atoms with E-state index in [0.29, 0.717) is 0 Å². The Labute approximate surface area is 199 Å². The zero-order chi connectivity index (χ0) is 22.0. The average molecular weight is 477 g/mol. The molecule has 0 saturated carbocycles. The Balaban J connectivity index is 1.20. The third-order valence-electron chi connectivity index (χ3n) is 4.34. The molecule has 1 aromatic heterocycles. The normalized spacial score (nSPS) is 11.0. The number of benzene rings is 3. The number of hydrogen-bond donors (Lipinski definition) is 1. The van der Waals surface area contributed by atoms with Gasteiger partial charge in [-0.1, -0.05) is 120 Å². The first-order valence-electron chi connectivity index (χ1n) is 9.87. The summed E-state index contributed by atoms with van der Waals surface area (Å²) in [6.45, 7) is 0. The number of nitrogens with one attached hydrogen (secondary N) is 1. The lowest BCUT2D eigenvalue weighted by Crippen LogP contribution is -2.19. The Morgan fingerprint density at radius 2 is 1.47 bits per heavy atom. The molecule has 0 fully saturated rings. The van der Waals surface area contributed by atoms with Crippen molar-refractivity contribution in [1.82, 2.24) is 15.6 Å². The van der Waals surface area contributed by atoms with E-state index < -0.39 is 0 Å². The lowest BCUT2D eigenvalue weighted by molar-refractivity contribution is -0.118. The minimum absolute atomic E-state index is 0.180. The summed E-state index contributed by atoms with van der Waals surface area (Å²) in [6, 6.07) is 28.4. The molecule has 0 aliphatic carbocycles. The van der Waals surface area contributed by atoms with E-state index in [0.717, 1.165) is 25.6 Å². The highest BCUT2D eigenvalue weighted by Crippen LogP contribution is 2.30. The molecule has 0 saturated heterocycles. The minimum atomic E-state index is -0.180. The van der Waals surface area contributed by atoms with Crippen molar-refractivity contribution in [1.29, 1.82) is 0 Å². The monoisotopic (exact) mass is 476 g/mol. The van der Waals surface area contributed by atoms with Crippen LogP contribution in [0.2, 0.25) is 0 Å². The van der Waals surface area contributed by atoms with Gasteiger partial charge in [-0.05, 0) is 22.3 Å². The summed E-state index contributed by atoms with van der Waals surface area (Å²) in [4.78, 5) is 12.1. The van der Waals surface area contributed by atoms with Crippen LogP contribution in [0.1, 0.15) is 11.1 Å². The fourth-order valence-corrected chi connectivity index (χ4v) is 5.53. The highest BCUT2D eigenvalue weighted by molar-refractivity contribution is 8.03. The molecule has 0 aliphatic heterocycles. The standard InChI is InChI=1S/C24H20N4OS3/c29-22(17-31-24-28-27-23(32-24)30-16-19-7-3-1-4-8-19)26-25-15-18-11-13-21(14-12-18)20-9-5-2-6-10-20/h1-15H,16-17H2,(H,26,29)/b25-15-. The molecule has 1 heterocycles. The van der Waals surface area contributed by atoms with E-state index in [1.807, 2.05) is 60.7 Å². The third kappa shape index (κ3) is 6.78. The Morgan fingerprint density at radius 3 is 2.19 bits per heavy atom. The molecule has 0 radical (unpaired) electrons. The molecule has 0 spiro atoms. The molecule has 4 rings (SSSR count). The van der Waals surface area contributed by atoms with E-state index in [4.69, 9.17) is 0 Å². The van der Waals surface area contributed by atoms with Crippen molar-refractivity contribution < 1.29 is 4.79 Å². The molecule has 1 amide bonds. The van der Waals surface area contributed by atoms with Crippen molar-refractivity contribution >= 4 is 47.0 Å². The van der Waals surface area contributed by atoms with Crippen LogP contribution in [-0.4, -0.2) is 28.1 Å². The summed E-state index contributed by atoms with van der Waals surface area (Å²) in [5.74, 6) is 0.907. The summed E-state index contributed by atoms with van der Waals surface area (Å²) in [5, 5.41) is 12.4. The first-order chi connectivity index (χ1) is 15.8. The van der Waals surface area contributed by atoms with Crippen LogP contribution in [0.25, 0.3) is 11.1 Å². The topological polar surface area (TPSA) is 67.2 Å².